The normalized spacial score (nSPS) is 12.2. The van der Waals surface area contributed by atoms with Gasteiger partial charge in [0, 0.05) is 11.8 Å². The van der Waals surface area contributed by atoms with E-state index in [1.54, 1.807) is 4.68 Å². The molecule has 1 aromatic heterocycles. The summed E-state index contributed by atoms with van der Waals surface area (Å²) in [7, 11) is 0. The van der Waals surface area contributed by atoms with Gasteiger partial charge in [-0.05, 0) is 25.5 Å². The summed E-state index contributed by atoms with van der Waals surface area (Å²) in [6.45, 7) is 3.81. The molecule has 0 saturated carbocycles. The molecule has 0 saturated heterocycles. The maximum atomic E-state index is 11.3. The zero-order chi connectivity index (χ0) is 14.7. The van der Waals surface area contributed by atoms with Crippen molar-refractivity contribution in [3.05, 3.63) is 41.0 Å². The van der Waals surface area contributed by atoms with Crippen LogP contribution in [0.4, 0.5) is 5.82 Å². The third-order valence-electron chi connectivity index (χ3n) is 3.04. The average Bonchev–Trinajstić information content (AvgIpc) is 2.77. The molecule has 0 radical (unpaired) electrons. The highest BCUT2D eigenvalue weighted by Gasteiger charge is 2.15. The Bertz CT molecular complexity index is 623. The highest BCUT2D eigenvalue weighted by atomic mass is 35.5. The molecule has 1 aromatic carbocycles. The molecule has 0 fully saturated rings. The van der Waals surface area contributed by atoms with Gasteiger partial charge in [-0.2, -0.15) is 5.10 Å². The summed E-state index contributed by atoms with van der Waals surface area (Å²) in [6, 6.07) is 8.89. The van der Waals surface area contributed by atoms with Crippen molar-refractivity contribution in [2.45, 2.75) is 26.3 Å². The van der Waals surface area contributed by atoms with Crippen molar-refractivity contribution in [1.29, 1.82) is 0 Å². The molecule has 1 atom stereocenters. The van der Waals surface area contributed by atoms with Crippen LogP contribution in [0.3, 0.4) is 0 Å². The van der Waals surface area contributed by atoms with E-state index in [4.69, 9.17) is 17.3 Å². The number of para-hydroxylation sites is 1. The second-order valence-corrected chi connectivity index (χ2v) is 4.95. The number of anilines is 1. The predicted octanol–water partition coefficient (Wildman–Crippen LogP) is 2.51. The molecular formula is C14H17ClN4O. The van der Waals surface area contributed by atoms with Crippen LogP contribution in [0.5, 0.6) is 0 Å². The highest BCUT2D eigenvalue weighted by molar-refractivity contribution is 6.32. The first-order chi connectivity index (χ1) is 9.52. The van der Waals surface area contributed by atoms with Gasteiger partial charge in [-0.3, -0.25) is 4.79 Å². The Kier molecular flexibility index (Phi) is 4.29. The van der Waals surface area contributed by atoms with E-state index in [0.717, 1.165) is 11.4 Å². The summed E-state index contributed by atoms with van der Waals surface area (Å²) in [4.78, 5) is 11.3. The first-order valence-electron chi connectivity index (χ1n) is 6.40. The van der Waals surface area contributed by atoms with Crippen LogP contribution in [0.25, 0.3) is 5.69 Å². The summed E-state index contributed by atoms with van der Waals surface area (Å²) in [5.41, 5.74) is 7.03. The van der Waals surface area contributed by atoms with Crippen molar-refractivity contribution >= 4 is 23.3 Å². The number of nitrogens with zero attached hydrogens (tertiary/aromatic N) is 2. The molecule has 1 heterocycles. The lowest BCUT2D eigenvalue weighted by atomic mass is 10.2. The standard InChI is InChI=1S/C14H17ClN4O/c1-3-11(14(16)20)17-13-8-9(2)19(18-13)12-7-5-4-6-10(12)15/h4-8,11H,3H2,1-2H3,(H2,16,20)(H,17,18)/t11-/m0/s1. The maximum absolute atomic E-state index is 11.3. The minimum absolute atomic E-state index is 0.391. The van der Waals surface area contributed by atoms with Gasteiger partial charge in [-0.25, -0.2) is 4.68 Å². The van der Waals surface area contributed by atoms with Gasteiger partial charge in [0.2, 0.25) is 5.91 Å². The molecule has 20 heavy (non-hydrogen) atoms. The number of carbonyl (C=O) groups is 1. The van der Waals surface area contributed by atoms with Crippen LogP contribution in [-0.4, -0.2) is 21.7 Å². The van der Waals surface area contributed by atoms with Gasteiger partial charge in [0.25, 0.3) is 0 Å². The molecule has 0 aliphatic heterocycles. The van der Waals surface area contributed by atoms with Crippen molar-refractivity contribution in [2.24, 2.45) is 5.73 Å². The van der Waals surface area contributed by atoms with Crippen molar-refractivity contribution in [2.75, 3.05) is 5.32 Å². The topological polar surface area (TPSA) is 72.9 Å². The molecule has 6 heteroatoms. The average molecular weight is 293 g/mol. The summed E-state index contributed by atoms with van der Waals surface area (Å²) < 4.78 is 1.73. The largest absolute Gasteiger partial charge is 0.368 e. The van der Waals surface area contributed by atoms with Crippen LogP contribution in [0, 0.1) is 6.92 Å². The van der Waals surface area contributed by atoms with Gasteiger partial charge in [-0.1, -0.05) is 30.7 Å². The number of carbonyl (C=O) groups excluding carboxylic acids is 1. The van der Waals surface area contributed by atoms with E-state index in [2.05, 4.69) is 10.4 Å². The molecule has 3 N–H and O–H groups in total. The maximum Gasteiger partial charge on any atom is 0.239 e. The number of hydrogen-bond acceptors (Lipinski definition) is 3. The Morgan fingerprint density at radius 1 is 1.50 bits per heavy atom. The van der Waals surface area contributed by atoms with E-state index in [1.807, 2.05) is 44.2 Å². The Hall–Kier alpha value is -2.01. The van der Waals surface area contributed by atoms with E-state index in [-0.39, 0.29) is 0 Å². The SMILES string of the molecule is CC[C@H](Nc1cc(C)n(-c2ccccc2Cl)n1)C(N)=O. The van der Waals surface area contributed by atoms with Crippen molar-refractivity contribution in [1.82, 2.24) is 9.78 Å². The van der Waals surface area contributed by atoms with Gasteiger partial charge in [0.05, 0.1) is 10.7 Å². The third-order valence-corrected chi connectivity index (χ3v) is 3.36. The van der Waals surface area contributed by atoms with Crippen LogP contribution in [0.1, 0.15) is 19.0 Å². The minimum atomic E-state index is -0.427. The number of aryl methyl sites for hydroxylation is 1. The number of nitrogens with one attached hydrogen (secondary N) is 1. The van der Waals surface area contributed by atoms with Gasteiger partial charge < -0.3 is 11.1 Å². The molecule has 2 rings (SSSR count). The lowest BCUT2D eigenvalue weighted by Crippen LogP contribution is -2.34. The molecule has 106 valence electrons. The molecule has 5 nitrogen and oxygen atoms in total. The molecule has 2 aromatic rings. The molecule has 0 bridgehead atoms. The van der Waals surface area contributed by atoms with E-state index >= 15 is 0 Å². The number of halogens is 1. The summed E-state index contributed by atoms with van der Waals surface area (Å²) in [6.07, 6.45) is 0.604. The number of amides is 1. The fraction of sp³-hybridized carbons (Fsp3) is 0.286. The van der Waals surface area contributed by atoms with Crippen molar-refractivity contribution in [3.8, 4) is 5.69 Å². The van der Waals surface area contributed by atoms with Crippen molar-refractivity contribution in [3.63, 3.8) is 0 Å². The number of nitrogens with two attached hydrogens (primary N) is 1. The number of hydrogen-bond donors (Lipinski definition) is 2. The molecular weight excluding hydrogens is 276 g/mol. The van der Waals surface area contributed by atoms with Crippen LogP contribution >= 0.6 is 11.6 Å². The number of benzene rings is 1. The van der Waals surface area contributed by atoms with Crippen LogP contribution in [0.15, 0.2) is 30.3 Å². The highest BCUT2D eigenvalue weighted by Crippen LogP contribution is 2.22. The van der Waals surface area contributed by atoms with Crippen LogP contribution in [-0.2, 0) is 4.79 Å². The summed E-state index contributed by atoms with van der Waals surface area (Å²) in [5, 5.41) is 8.07. The molecule has 0 aliphatic rings. The lowest BCUT2D eigenvalue weighted by Gasteiger charge is -2.11. The third kappa shape index (κ3) is 2.93. The zero-order valence-electron chi connectivity index (χ0n) is 11.4. The van der Waals surface area contributed by atoms with Crippen molar-refractivity contribution < 1.29 is 4.79 Å². The fourth-order valence-electron chi connectivity index (χ4n) is 1.97. The van der Waals surface area contributed by atoms with E-state index < -0.39 is 11.9 Å². The minimum Gasteiger partial charge on any atom is -0.368 e. The van der Waals surface area contributed by atoms with Gasteiger partial charge >= 0.3 is 0 Å². The van der Waals surface area contributed by atoms with Crippen LogP contribution in [0.2, 0.25) is 5.02 Å². The second kappa shape index (κ2) is 5.96. The van der Waals surface area contributed by atoms with E-state index in [9.17, 15) is 4.79 Å². The second-order valence-electron chi connectivity index (χ2n) is 4.54. The van der Waals surface area contributed by atoms with E-state index in [0.29, 0.717) is 17.3 Å². The summed E-state index contributed by atoms with van der Waals surface area (Å²) >= 11 is 6.17. The Labute approximate surface area is 122 Å². The zero-order valence-corrected chi connectivity index (χ0v) is 12.2. The number of rotatable bonds is 5. The quantitative estimate of drug-likeness (QED) is 0.889. The smallest absolute Gasteiger partial charge is 0.239 e. The Balaban J connectivity index is 2.31. The molecule has 0 aliphatic carbocycles. The molecule has 0 unspecified atom stereocenters. The van der Waals surface area contributed by atoms with Gasteiger partial charge in [0.1, 0.15) is 11.9 Å². The Morgan fingerprint density at radius 3 is 2.80 bits per heavy atom. The predicted molar refractivity (Wildman–Crippen MR) is 80.2 cm³/mol. The number of aromatic nitrogens is 2. The lowest BCUT2D eigenvalue weighted by molar-refractivity contribution is -0.118. The molecule has 0 spiro atoms. The van der Waals surface area contributed by atoms with Gasteiger partial charge in [0.15, 0.2) is 0 Å². The van der Waals surface area contributed by atoms with E-state index in [1.165, 1.54) is 0 Å². The Morgan fingerprint density at radius 2 is 2.20 bits per heavy atom. The van der Waals surface area contributed by atoms with Gasteiger partial charge in [-0.15, -0.1) is 0 Å². The summed E-state index contributed by atoms with van der Waals surface area (Å²) in [5.74, 6) is 0.213. The van der Waals surface area contributed by atoms with Crippen LogP contribution < -0.4 is 11.1 Å². The first-order valence-corrected chi connectivity index (χ1v) is 6.78. The monoisotopic (exact) mass is 292 g/mol. The molecule has 1 amide bonds. The fourth-order valence-corrected chi connectivity index (χ4v) is 2.18. The first kappa shape index (κ1) is 14.4. The number of primary amides is 1.